The predicted molar refractivity (Wildman–Crippen MR) is 105 cm³/mol. The summed E-state index contributed by atoms with van der Waals surface area (Å²) in [5.74, 6) is -0.536. The molecular formula is C21H19F5N4O. The zero-order valence-corrected chi connectivity index (χ0v) is 16.7. The fourth-order valence-electron chi connectivity index (χ4n) is 3.72. The second-order valence-corrected chi connectivity index (χ2v) is 7.72. The minimum atomic E-state index is -2.97. The van der Waals surface area contributed by atoms with Gasteiger partial charge in [0.2, 0.25) is 0 Å². The molecule has 1 saturated carbocycles. The highest BCUT2D eigenvalue weighted by molar-refractivity contribution is 5.88. The average molecular weight is 438 g/mol. The summed E-state index contributed by atoms with van der Waals surface area (Å²) in [6.45, 7) is 3.15. The topological polar surface area (TPSA) is 59.8 Å². The number of anilines is 1. The second kappa shape index (κ2) is 7.58. The maximum atomic E-state index is 14.6. The van der Waals surface area contributed by atoms with Gasteiger partial charge in [0.15, 0.2) is 0 Å². The van der Waals surface area contributed by atoms with Crippen LogP contribution in [0, 0.1) is 12.7 Å². The Bertz CT molecular complexity index is 1210. The minimum Gasteiger partial charge on any atom is -0.363 e. The van der Waals surface area contributed by atoms with Crippen LogP contribution in [0.4, 0.5) is 27.8 Å². The van der Waals surface area contributed by atoms with E-state index in [1.54, 1.807) is 13.8 Å². The number of alkyl halides is 4. The van der Waals surface area contributed by atoms with Crippen molar-refractivity contribution in [3.63, 3.8) is 0 Å². The van der Waals surface area contributed by atoms with Gasteiger partial charge in [0.25, 0.3) is 18.4 Å². The SMILES string of the molecule is Cc1nc(N[C@H](C)c2cccc(C(F)F)c2F)c2cn(C3(C(F)F)CC3)c(=O)cc2n1. The summed E-state index contributed by atoms with van der Waals surface area (Å²) in [6, 6.07) is 4.11. The average Bonchev–Trinajstić information content (AvgIpc) is 3.49. The lowest BCUT2D eigenvalue weighted by Gasteiger charge is -2.21. The number of nitrogens with zero attached hydrogens (tertiary/aromatic N) is 3. The number of hydrogen-bond acceptors (Lipinski definition) is 4. The molecular weight excluding hydrogens is 419 g/mol. The van der Waals surface area contributed by atoms with Gasteiger partial charge in [-0.3, -0.25) is 4.79 Å². The van der Waals surface area contributed by atoms with Crippen molar-refractivity contribution in [1.29, 1.82) is 0 Å². The molecule has 0 bridgehead atoms. The van der Waals surface area contributed by atoms with Crippen molar-refractivity contribution < 1.29 is 22.0 Å². The molecule has 0 spiro atoms. The van der Waals surface area contributed by atoms with Gasteiger partial charge in [0.05, 0.1) is 22.5 Å². The molecule has 1 fully saturated rings. The van der Waals surface area contributed by atoms with Gasteiger partial charge < -0.3 is 9.88 Å². The standard InChI is InChI=1S/C21H19F5N4O/c1-10(12-4-3-5-13(17(12)22)18(23)24)27-19-14-9-30(21(6-7-21)20(25)26)16(31)8-15(14)28-11(2)29-19/h3-5,8-10,18,20H,6-7H2,1-2H3,(H,27,28,29)/t10-/m1/s1. The van der Waals surface area contributed by atoms with E-state index in [4.69, 9.17) is 0 Å². The maximum Gasteiger partial charge on any atom is 0.266 e. The van der Waals surface area contributed by atoms with E-state index < -0.39 is 41.4 Å². The number of aromatic nitrogens is 3. The summed E-state index contributed by atoms with van der Waals surface area (Å²) < 4.78 is 68.8. The first-order valence-corrected chi connectivity index (χ1v) is 9.67. The van der Waals surface area contributed by atoms with Crippen molar-refractivity contribution in [2.24, 2.45) is 0 Å². The number of aryl methyl sites for hydroxylation is 1. The van der Waals surface area contributed by atoms with Crippen LogP contribution in [-0.2, 0) is 5.54 Å². The summed E-state index contributed by atoms with van der Waals surface area (Å²) in [7, 11) is 0. The van der Waals surface area contributed by atoms with Crippen LogP contribution in [0.2, 0.25) is 0 Å². The fraction of sp³-hybridized carbons (Fsp3) is 0.381. The summed E-state index contributed by atoms with van der Waals surface area (Å²) in [5.41, 5.74) is -2.61. The number of benzene rings is 1. The highest BCUT2D eigenvalue weighted by atomic mass is 19.3. The quantitative estimate of drug-likeness (QED) is 0.544. The third-order valence-electron chi connectivity index (χ3n) is 5.60. The Morgan fingerprint density at radius 1 is 1.13 bits per heavy atom. The Morgan fingerprint density at radius 2 is 1.81 bits per heavy atom. The van der Waals surface area contributed by atoms with E-state index in [1.807, 2.05) is 0 Å². The van der Waals surface area contributed by atoms with Crippen LogP contribution in [0.15, 0.2) is 35.3 Å². The number of halogens is 5. The molecule has 10 heteroatoms. The summed E-state index contributed by atoms with van der Waals surface area (Å²) in [6.07, 6.45) is -4.04. The molecule has 3 aromatic rings. The molecule has 0 radical (unpaired) electrons. The Hall–Kier alpha value is -3.04. The van der Waals surface area contributed by atoms with Crippen LogP contribution in [0.5, 0.6) is 0 Å². The van der Waals surface area contributed by atoms with Gasteiger partial charge in [0.1, 0.15) is 23.0 Å². The van der Waals surface area contributed by atoms with Gasteiger partial charge in [-0.15, -0.1) is 0 Å². The first-order chi connectivity index (χ1) is 14.6. The number of hydrogen-bond donors (Lipinski definition) is 1. The summed E-state index contributed by atoms with van der Waals surface area (Å²) in [5, 5.41) is 3.26. The molecule has 1 N–H and O–H groups in total. The highest BCUT2D eigenvalue weighted by Crippen LogP contribution is 2.48. The van der Waals surface area contributed by atoms with Crippen molar-refractivity contribution in [3.05, 3.63) is 63.6 Å². The molecule has 0 saturated heterocycles. The molecule has 164 valence electrons. The number of pyridine rings is 1. The largest absolute Gasteiger partial charge is 0.363 e. The second-order valence-electron chi connectivity index (χ2n) is 7.72. The minimum absolute atomic E-state index is 0.00165. The van der Waals surface area contributed by atoms with E-state index in [2.05, 4.69) is 15.3 Å². The summed E-state index contributed by atoms with van der Waals surface area (Å²) >= 11 is 0. The lowest BCUT2D eigenvalue weighted by molar-refractivity contribution is 0.0654. The van der Waals surface area contributed by atoms with Crippen LogP contribution < -0.4 is 10.9 Å². The molecule has 31 heavy (non-hydrogen) atoms. The zero-order valence-electron chi connectivity index (χ0n) is 16.7. The smallest absolute Gasteiger partial charge is 0.266 e. The molecule has 1 aromatic carbocycles. The molecule has 0 unspecified atom stereocenters. The van der Waals surface area contributed by atoms with E-state index >= 15 is 0 Å². The Kier molecular flexibility index (Phi) is 5.18. The van der Waals surface area contributed by atoms with Crippen molar-refractivity contribution >= 4 is 16.7 Å². The molecule has 1 atom stereocenters. The lowest BCUT2D eigenvalue weighted by Crippen LogP contribution is -2.35. The van der Waals surface area contributed by atoms with E-state index in [1.165, 1.54) is 24.4 Å². The molecule has 0 aliphatic heterocycles. The molecule has 2 aromatic heterocycles. The van der Waals surface area contributed by atoms with Crippen LogP contribution in [0.25, 0.3) is 10.9 Å². The van der Waals surface area contributed by atoms with E-state index in [-0.39, 0.29) is 29.7 Å². The van der Waals surface area contributed by atoms with Gasteiger partial charge in [-0.25, -0.2) is 31.9 Å². The molecule has 0 amide bonds. The van der Waals surface area contributed by atoms with Gasteiger partial charge in [0, 0.05) is 17.8 Å². The number of rotatable bonds is 6. The molecule has 2 heterocycles. The first kappa shape index (κ1) is 21.2. The summed E-state index contributed by atoms with van der Waals surface area (Å²) in [4.78, 5) is 20.9. The lowest BCUT2D eigenvalue weighted by atomic mass is 10.0. The number of nitrogens with one attached hydrogen (secondary N) is 1. The highest BCUT2D eigenvalue weighted by Gasteiger charge is 2.53. The van der Waals surface area contributed by atoms with Gasteiger partial charge in [-0.2, -0.15) is 0 Å². The van der Waals surface area contributed by atoms with Crippen LogP contribution in [-0.4, -0.2) is 21.0 Å². The Labute approximate surface area is 173 Å². The molecule has 5 nitrogen and oxygen atoms in total. The van der Waals surface area contributed by atoms with Crippen molar-refractivity contribution in [2.45, 2.75) is 51.1 Å². The Balaban J connectivity index is 1.79. The van der Waals surface area contributed by atoms with Gasteiger partial charge in [-0.05, 0) is 26.7 Å². The van der Waals surface area contributed by atoms with Gasteiger partial charge in [-0.1, -0.05) is 18.2 Å². The third-order valence-corrected chi connectivity index (χ3v) is 5.60. The zero-order chi connectivity index (χ0) is 22.5. The normalized spacial score (nSPS) is 16.2. The Morgan fingerprint density at radius 3 is 2.42 bits per heavy atom. The van der Waals surface area contributed by atoms with E-state index in [0.29, 0.717) is 11.2 Å². The van der Waals surface area contributed by atoms with Crippen LogP contribution >= 0.6 is 0 Å². The predicted octanol–water partition coefficient (Wildman–Crippen LogP) is 5.10. The number of fused-ring (bicyclic) bond motifs is 1. The monoisotopic (exact) mass is 438 g/mol. The van der Waals surface area contributed by atoms with Crippen LogP contribution in [0.3, 0.4) is 0 Å². The third kappa shape index (κ3) is 3.64. The van der Waals surface area contributed by atoms with E-state index in [0.717, 1.165) is 10.6 Å². The fourth-order valence-corrected chi connectivity index (χ4v) is 3.72. The molecule has 1 aliphatic carbocycles. The molecule has 4 rings (SSSR count). The van der Waals surface area contributed by atoms with Crippen molar-refractivity contribution in [1.82, 2.24) is 14.5 Å². The van der Waals surface area contributed by atoms with Crippen molar-refractivity contribution in [2.75, 3.05) is 5.32 Å². The van der Waals surface area contributed by atoms with E-state index in [9.17, 15) is 26.7 Å². The maximum absolute atomic E-state index is 14.6. The molecule has 1 aliphatic rings. The van der Waals surface area contributed by atoms with Crippen LogP contribution in [0.1, 0.15) is 49.2 Å². The first-order valence-electron chi connectivity index (χ1n) is 9.67. The van der Waals surface area contributed by atoms with Crippen molar-refractivity contribution in [3.8, 4) is 0 Å². The van der Waals surface area contributed by atoms with Gasteiger partial charge >= 0.3 is 0 Å².